The van der Waals surface area contributed by atoms with Gasteiger partial charge in [0.1, 0.15) is 5.82 Å². The van der Waals surface area contributed by atoms with Crippen molar-refractivity contribution in [2.45, 2.75) is 25.9 Å². The van der Waals surface area contributed by atoms with Gasteiger partial charge in [0.05, 0.1) is 30.9 Å². The van der Waals surface area contributed by atoms with Gasteiger partial charge in [-0.3, -0.25) is 0 Å². The van der Waals surface area contributed by atoms with Crippen LogP contribution in [0.5, 0.6) is 0 Å². The van der Waals surface area contributed by atoms with E-state index < -0.39 is 0 Å². The summed E-state index contributed by atoms with van der Waals surface area (Å²) in [6.45, 7) is 4.05. The Morgan fingerprint density at radius 3 is 2.92 bits per heavy atom. The Balaban J connectivity index is 1.81. The van der Waals surface area contributed by atoms with Crippen LogP contribution in [0, 0.1) is 0 Å². The Kier molecular flexibility index (Phi) is 5.83. The summed E-state index contributed by atoms with van der Waals surface area (Å²) in [6.07, 6.45) is 5.59. The topological polar surface area (TPSA) is 80.1 Å². The fourth-order valence-corrected chi connectivity index (χ4v) is 2.94. The van der Waals surface area contributed by atoms with E-state index in [1.165, 1.54) is 5.56 Å². The molecule has 25 heavy (non-hydrogen) atoms. The first kappa shape index (κ1) is 17.6. The van der Waals surface area contributed by atoms with Crippen molar-refractivity contribution >= 4 is 11.8 Å². The zero-order chi connectivity index (χ0) is 17.6. The van der Waals surface area contributed by atoms with E-state index in [0.717, 1.165) is 55.6 Å². The van der Waals surface area contributed by atoms with Crippen LogP contribution in [0.4, 0.5) is 11.8 Å². The average molecular weight is 345 g/mol. The highest BCUT2D eigenvalue weighted by atomic mass is 16.5. The van der Waals surface area contributed by atoms with Gasteiger partial charge in [0.25, 0.3) is 0 Å². The lowest BCUT2D eigenvalue weighted by molar-refractivity contribution is 0.186. The molecule has 0 aliphatic carbocycles. The van der Waals surface area contributed by atoms with Crippen molar-refractivity contribution in [2.24, 2.45) is 0 Å². The fourth-order valence-electron chi connectivity index (χ4n) is 2.94. The van der Waals surface area contributed by atoms with E-state index in [1.807, 2.05) is 31.5 Å². The molecule has 3 heterocycles. The van der Waals surface area contributed by atoms with Gasteiger partial charge in [0.15, 0.2) is 0 Å². The van der Waals surface area contributed by atoms with Gasteiger partial charge in [0.2, 0.25) is 5.95 Å². The highest BCUT2D eigenvalue weighted by molar-refractivity contribution is 5.52. The number of ether oxygens (including phenoxy) is 1. The zero-order valence-corrected chi connectivity index (χ0v) is 15.2. The molecule has 8 heteroatoms. The van der Waals surface area contributed by atoms with E-state index in [4.69, 9.17) is 14.7 Å². The molecule has 3 rings (SSSR count). The molecule has 0 spiro atoms. The van der Waals surface area contributed by atoms with Crippen LogP contribution in [0.15, 0.2) is 12.5 Å². The van der Waals surface area contributed by atoms with Crippen LogP contribution in [-0.2, 0) is 30.7 Å². The van der Waals surface area contributed by atoms with Crippen molar-refractivity contribution in [1.82, 2.24) is 24.8 Å². The Hall–Kier alpha value is -2.19. The molecular weight excluding hydrogens is 318 g/mol. The van der Waals surface area contributed by atoms with E-state index in [0.29, 0.717) is 13.2 Å². The standard InChI is InChI=1S/C17H27N7O/c1-23(2)17-21-15-5-7-18-6-4-14(15)16(22-17)20-11-13-10-19-12-24(13)8-9-25-3/h10,12,18H,4-9,11H2,1-3H3,(H,20,21,22). The SMILES string of the molecule is COCCn1cncc1CNc1nc(N(C)C)nc2c1CCNCC2. The summed E-state index contributed by atoms with van der Waals surface area (Å²) in [7, 11) is 5.66. The van der Waals surface area contributed by atoms with Gasteiger partial charge in [-0.15, -0.1) is 0 Å². The number of aromatic nitrogens is 4. The van der Waals surface area contributed by atoms with Gasteiger partial charge in [-0.25, -0.2) is 9.97 Å². The van der Waals surface area contributed by atoms with Crippen LogP contribution < -0.4 is 15.5 Å². The van der Waals surface area contributed by atoms with Gasteiger partial charge in [-0.2, -0.15) is 4.98 Å². The monoisotopic (exact) mass is 345 g/mol. The molecule has 0 aromatic carbocycles. The second-order valence-corrected chi connectivity index (χ2v) is 6.37. The number of nitrogens with zero attached hydrogens (tertiary/aromatic N) is 5. The summed E-state index contributed by atoms with van der Waals surface area (Å²) in [4.78, 5) is 15.7. The molecule has 0 bridgehead atoms. The molecular formula is C17H27N7O. The van der Waals surface area contributed by atoms with E-state index in [9.17, 15) is 0 Å². The minimum absolute atomic E-state index is 0.669. The molecule has 0 unspecified atom stereocenters. The van der Waals surface area contributed by atoms with Crippen molar-refractivity contribution in [1.29, 1.82) is 0 Å². The summed E-state index contributed by atoms with van der Waals surface area (Å²) in [5.74, 6) is 1.67. The summed E-state index contributed by atoms with van der Waals surface area (Å²) in [6, 6.07) is 0. The lowest BCUT2D eigenvalue weighted by Crippen LogP contribution is -2.18. The predicted molar refractivity (Wildman–Crippen MR) is 98.1 cm³/mol. The van der Waals surface area contributed by atoms with E-state index >= 15 is 0 Å². The van der Waals surface area contributed by atoms with Crippen molar-refractivity contribution in [3.05, 3.63) is 29.5 Å². The smallest absolute Gasteiger partial charge is 0.227 e. The largest absolute Gasteiger partial charge is 0.383 e. The van der Waals surface area contributed by atoms with Gasteiger partial charge >= 0.3 is 0 Å². The maximum Gasteiger partial charge on any atom is 0.227 e. The van der Waals surface area contributed by atoms with Crippen molar-refractivity contribution < 1.29 is 4.74 Å². The summed E-state index contributed by atoms with van der Waals surface area (Å²) in [5.41, 5.74) is 3.47. The number of rotatable bonds is 7. The molecule has 2 aromatic heterocycles. The summed E-state index contributed by atoms with van der Waals surface area (Å²) in [5, 5.41) is 6.94. The lowest BCUT2D eigenvalue weighted by atomic mass is 10.1. The number of imidazole rings is 1. The Labute approximate surface area is 148 Å². The molecule has 2 N–H and O–H groups in total. The summed E-state index contributed by atoms with van der Waals surface area (Å²) >= 11 is 0. The van der Waals surface area contributed by atoms with E-state index in [1.54, 1.807) is 7.11 Å². The van der Waals surface area contributed by atoms with E-state index in [-0.39, 0.29) is 0 Å². The minimum atomic E-state index is 0.669. The predicted octanol–water partition coefficient (Wildman–Crippen LogP) is 0.686. The first-order chi connectivity index (χ1) is 12.2. The normalized spacial score (nSPS) is 14.0. The number of fused-ring (bicyclic) bond motifs is 1. The third-order valence-electron chi connectivity index (χ3n) is 4.34. The maximum absolute atomic E-state index is 5.16. The Bertz CT molecular complexity index is 698. The Morgan fingerprint density at radius 1 is 1.28 bits per heavy atom. The molecule has 0 amide bonds. The quantitative estimate of drug-likeness (QED) is 0.764. The number of hydrogen-bond acceptors (Lipinski definition) is 7. The van der Waals surface area contributed by atoms with Gasteiger partial charge in [-0.05, 0) is 13.0 Å². The third kappa shape index (κ3) is 4.26. The van der Waals surface area contributed by atoms with Crippen LogP contribution in [-0.4, -0.2) is 60.4 Å². The summed E-state index contributed by atoms with van der Waals surface area (Å²) < 4.78 is 7.26. The van der Waals surface area contributed by atoms with E-state index in [2.05, 4.69) is 20.2 Å². The minimum Gasteiger partial charge on any atom is -0.383 e. The fraction of sp³-hybridized carbons (Fsp3) is 0.588. The van der Waals surface area contributed by atoms with Gasteiger partial charge < -0.3 is 24.8 Å². The molecule has 0 saturated carbocycles. The molecule has 1 aliphatic heterocycles. The molecule has 0 atom stereocenters. The molecule has 0 fully saturated rings. The van der Waals surface area contributed by atoms with Crippen LogP contribution in [0.3, 0.4) is 0 Å². The molecule has 1 aliphatic rings. The number of hydrogen-bond donors (Lipinski definition) is 2. The first-order valence-corrected chi connectivity index (χ1v) is 8.68. The van der Waals surface area contributed by atoms with Crippen LogP contribution in [0.25, 0.3) is 0 Å². The highest BCUT2D eigenvalue weighted by Crippen LogP contribution is 2.23. The van der Waals surface area contributed by atoms with Crippen LogP contribution in [0.2, 0.25) is 0 Å². The molecule has 2 aromatic rings. The molecule has 8 nitrogen and oxygen atoms in total. The second kappa shape index (κ2) is 8.26. The number of methoxy groups -OCH3 is 1. The second-order valence-electron chi connectivity index (χ2n) is 6.37. The Morgan fingerprint density at radius 2 is 2.12 bits per heavy atom. The van der Waals surface area contributed by atoms with Crippen molar-refractivity contribution in [3.8, 4) is 0 Å². The third-order valence-corrected chi connectivity index (χ3v) is 4.34. The van der Waals surface area contributed by atoms with Crippen LogP contribution in [0.1, 0.15) is 17.0 Å². The number of nitrogens with one attached hydrogen (secondary N) is 2. The first-order valence-electron chi connectivity index (χ1n) is 8.68. The van der Waals surface area contributed by atoms with Crippen molar-refractivity contribution in [2.75, 3.05) is 51.1 Å². The highest BCUT2D eigenvalue weighted by Gasteiger charge is 2.17. The van der Waals surface area contributed by atoms with Gasteiger partial charge in [-0.1, -0.05) is 0 Å². The average Bonchev–Trinajstić information content (AvgIpc) is 2.91. The van der Waals surface area contributed by atoms with Crippen molar-refractivity contribution in [3.63, 3.8) is 0 Å². The molecule has 0 radical (unpaired) electrons. The lowest BCUT2D eigenvalue weighted by Gasteiger charge is -2.18. The molecule has 136 valence electrons. The number of anilines is 2. The molecule has 0 saturated heterocycles. The van der Waals surface area contributed by atoms with Gasteiger partial charge in [0, 0.05) is 52.5 Å². The zero-order valence-electron chi connectivity index (χ0n) is 15.2. The van der Waals surface area contributed by atoms with Crippen LogP contribution >= 0.6 is 0 Å². The maximum atomic E-state index is 5.16.